The SMILES string of the molecule is CCN(Cc1ccccc1)S(=O)(=O)c1ccc(C(=O)Nc2nc3c(Cl)cc(Cl)cc3s2)cc1. The zero-order valence-electron chi connectivity index (χ0n) is 17.5. The van der Waals surface area contributed by atoms with Gasteiger partial charge < -0.3 is 0 Å². The molecule has 0 saturated heterocycles. The summed E-state index contributed by atoms with van der Waals surface area (Å²) in [7, 11) is -3.71. The Morgan fingerprint density at radius 2 is 1.76 bits per heavy atom. The standard InChI is InChI=1S/C23H19Cl2N3O3S2/c1-2-28(14-15-6-4-3-5-7-15)33(30,31)18-10-8-16(9-11-18)22(29)27-23-26-21-19(25)12-17(24)13-20(21)32-23/h3-13H,2,14H2,1H3,(H,26,27,29). The second-order valence-electron chi connectivity index (χ2n) is 7.15. The van der Waals surface area contributed by atoms with Crippen molar-refractivity contribution in [2.45, 2.75) is 18.4 Å². The van der Waals surface area contributed by atoms with Crippen molar-refractivity contribution in [3.05, 3.63) is 87.9 Å². The maximum atomic E-state index is 13.1. The Morgan fingerprint density at radius 3 is 2.42 bits per heavy atom. The van der Waals surface area contributed by atoms with Crippen molar-refractivity contribution in [1.29, 1.82) is 0 Å². The highest BCUT2D eigenvalue weighted by Crippen LogP contribution is 2.34. The van der Waals surface area contributed by atoms with Crippen molar-refractivity contribution in [2.24, 2.45) is 0 Å². The van der Waals surface area contributed by atoms with Crippen LogP contribution in [-0.4, -0.2) is 30.2 Å². The number of rotatable bonds is 7. The molecule has 0 fully saturated rings. The number of hydrogen-bond donors (Lipinski definition) is 1. The van der Waals surface area contributed by atoms with Gasteiger partial charge in [-0.25, -0.2) is 13.4 Å². The van der Waals surface area contributed by atoms with E-state index in [0.717, 1.165) is 10.3 Å². The van der Waals surface area contributed by atoms with E-state index in [2.05, 4.69) is 10.3 Å². The van der Waals surface area contributed by atoms with Gasteiger partial charge in [-0.15, -0.1) is 0 Å². The first-order valence-corrected chi connectivity index (χ1v) is 13.0. The average molecular weight is 520 g/mol. The maximum absolute atomic E-state index is 13.1. The maximum Gasteiger partial charge on any atom is 0.257 e. The Kier molecular flexibility index (Phi) is 7.02. The molecule has 0 atom stereocenters. The minimum Gasteiger partial charge on any atom is -0.298 e. The molecule has 0 saturated carbocycles. The largest absolute Gasteiger partial charge is 0.298 e. The first-order valence-electron chi connectivity index (χ1n) is 9.99. The molecule has 1 heterocycles. The predicted molar refractivity (Wildman–Crippen MR) is 134 cm³/mol. The van der Waals surface area contributed by atoms with E-state index in [1.165, 1.54) is 39.9 Å². The smallest absolute Gasteiger partial charge is 0.257 e. The van der Waals surface area contributed by atoms with Crippen LogP contribution in [0.4, 0.5) is 5.13 Å². The number of amides is 1. The fourth-order valence-electron chi connectivity index (χ4n) is 3.26. The van der Waals surface area contributed by atoms with E-state index in [9.17, 15) is 13.2 Å². The molecule has 6 nitrogen and oxygen atoms in total. The van der Waals surface area contributed by atoms with Crippen molar-refractivity contribution in [2.75, 3.05) is 11.9 Å². The van der Waals surface area contributed by atoms with Crippen LogP contribution in [0.5, 0.6) is 0 Å². The Bertz CT molecular complexity index is 1410. The molecule has 0 radical (unpaired) electrons. The van der Waals surface area contributed by atoms with Crippen molar-refractivity contribution >= 4 is 65.8 Å². The fraction of sp³-hybridized carbons (Fsp3) is 0.130. The quantitative estimate of drug-likeness (QED) is 0.321. The van der Waals surface area contributed by atoms with Gasteiger partial charge in [-0.3, -0.25) is 10.1 Å². The molecule has 4 rings (SSSR count). The number of nitrogens with one attached hydrogen (secondary N) is 1. The van der Waals surface area contributed by atoms with Gasteiger partial charge in [0.1, 0.15) is 5.52 Å². The molecule has 0 aliphatic carbocycles. The lowest BCUT2D eigenvalue weighted by Gasteiger charge is -2.20. The predicted octanol–water partition coefficient (Wildman–Crippen LogP) is 6.07. The summed E-state index contributed by atoms with van der Waals surface area (Å²) in [5.74, 6) is -0.406. The molecule has 1 amide bonds. The third kappa shape index (κ3) is 5.20. The van der Waals surface area contributed by atoms with E-state index in [0.29, 0.717) is 32.8 Å². The van der Waals surface area contributed by atoms with E-state index in [4.69, 9.17) is 23.2 Å². The van der Waals surface area contributed by atoms with Crippen LogP contribution in [0.2, 0.25) is 10.0 Å². The topological polar surface area (TPSA) is 79.4 Å². The zero-order chi connectivity index (χ0) is 23.6. The molecular weight excluding hydrogens is 501 g/mol. The van der Waals surface area contributed by atoms with Crippen LogP contribution in [0.25, 0.3) is 10.2 Å². The van der Waals surface area contributed by atoms with E-state index >= 15 is 0 Å². The number of benzene rings is 3. The van der Waals surface area contributed by atoms with Gasteiger partial charge in [0.25, 0.3) is 5.91 Å². The minimum atomic E-state index is -3.71. The molecule has 3 aromatic carbocycles. The van der Waals surface area contributed by atoms with Gasteiger partial charge >= 0.3 is 0 Å². The van der Waals surface area contributed by atoms with E-state index in [-0.39, 0.29) is 11.4 Å². The number of aromatic nitrogens is 1. The summed E-state index contributed by atoms with van der Waals surface area (Å²) in [5, 5.41) is 3.99. The van der Waals surface area contributed by atoms with Crippen molar-refractivity contribution in [3.8, 4) is 0 Å². The molecule has 33 heavy (non-hydrogen) atoms. The highest BCUT2D eigenvalue weighted by molar-refractivity contribution is 7.89. The van der Waals surface area contributed by atoms with Gasteiger partial charge in [-0.1, -0.05) is 71.8 Å². The van der Waals surface area contributed by atoms with Crippen LogP contribution in [-0.2, 0) is 16.6 Å². The first kappa shape index (κ1) is 23.7. The molecule has 170 valence electrons. The van der Waals surface area contributed by atoms with Crippen molar-refractivity contribution in [3.63, 3.8) is 0 Å². The third-order valence-electron chi connectivity index (χ3n) is 4.94. The summed E-state index contributed by atoms with van der Waals surface area (Å²) in [5.41, 5.74) is 1.76. The highest BCUT2D eigenvalue weighted by Gasteiger charge is 2.23. The molecule has 0 bridgehead atoms. The average Bonchev–Trinajstić information content (AvgIpc) is 3.20. The molecule has 10 heteroatoms. The van der Waals surface area contributed by atoms with Gasteiger partial charge in [0.15, 0.2) is 5.13 Å². The van der Waals surface area contributed by atoms with Gasteiger partial charge in [-0.2, -0.15) is 4.31 Å². The lowest BCUT2D eigenvalue weighted by molar-refractivity contribution is 0.102. The second kappa shape index (κ2) is 9.79. The van der Waals surface area contributed by atoms with Crippen LogP contribution in [0.15, 0.2) is 71.6 Å². The normalized spacial score (nSPS) is 11.8. The van der Waals surface area contributed by atoms with Gasteiger partial charge in [0.2, 0.25) is 10.0 Å². The number of halogens is 2. The zero-order valence-corrected chi connectivity index (χ0v) is 20.6. The first-order chi connectivity index (χ1) is 15.8. The summed E-state index contributed by atoms with van der Waals surface area (Å²) in [4.78, 5) is 17.1. The Labute approximate surface area is 205 Å². The van der Waals surface area contributed by atoms with Crippen LogP contribution in [0.1, 0.15) is 22.8 Å². The summed E-state index contributed by atoms with van der Waals surface area (Å²) in [6, 6.07) is 18.6. The molecule has 0 aliphatic rings. The third-order valence-corrected chi connectivity index (χ3v) is 8.30. The minimum absolute atomic E-state index is 0.123. The fourth-order valence-corrected chi connectivity index (χ4v) is 6.28. The van der Waals surface area contributed by atoms with Crippen LogP contribution in [0, 0.1) is 0 Å². The number of fused-ring (bicyclic) bond motifs is 1. The molecule has 0 spiro atoms. The monoisotopic (exact) mass is 519 g/mol. The Morgan fingerprint density at radius 1 is 1.06 bits per heavy atom. The van der Waals surface area contributed by atoms with E-state index < -0.39 is 15.9 Å². The van der Waals surface area contributed by atoms with Crippen molar-refractivity contribution in [1.82, 2.24) is 9.29 Å². The summed E-state index contributed by atoms with van der Waals surface area (Å²) in [6.07, 6.45) is 0. The van der Waals surface area contributed by atoms with Crippen molar-refractivity contribution < 1.29 is 13.2 Å². The molecule has 1 N–H and O–H groups in total. The van der Waals surface area contributed by atoms with Gasteiger partial charge in [-0.05, 0) is 42.0 Å². The summed E-state index contributed by atoms with van der Waals surface area (Å²) in [6.45, 7) is 2.38. The molecule has 4 aromatic rings. The molecule has 0 unspecified atom stereocenters. The number of anilines is 1. The van der Waals surface area contributed by atoms with E-state index in [1.807, 2.05) is 30.3 Å². The number of thiazole rings is 1. The lowest BCUT2D eigenvalue weighted by Crippen LogP contribution is -2.30. The van der Waals surface area contributed by atoms with Crippen LogP contribution < -0.4 is 5.32 Å². The molecule has 1 aromatic heterocycles. The van der Waals surface area contributed by atoms with Crippen LogP contribution in [0.3, 0.4) is 0 Å². The number of carbonyl (C=O) groups is 1. The number of hydrogen-bond acceptors (Lipinski definition) is 5. The van der Waals surface area contributed by atoms with Gasteiger partial charge in [0, 0.05) is 23.7 Å². The summed E-state index contributed by atoms with van der Waals surface area (Å²) < 4.78 is 28.3. The lowest BCUT2D eigenvalue weighted by atomic mass is 10.2. The summed E-state index contributed by atoms with van der Waals surface area (Å²) >= 11 is 13.4. The Hall–Kier alpha value is -2.49. The number of sulfonamides is 1. The molecule has 0 aliphatic heterocycles. The van der Waals surface area contributed by atoms with Crippen LogP contribution >= 0.6 is 34.5 Å². The second-order valence-corrected chi connectivity index (χ2v) is 11.0. The number of carbonyl (C=O) groups excluding carboxylic acids is 1. The highest BCUT2D eigenvalue weighted by atomic mass is 35.5. The van der Waals surface area contributed by atoms with E-state index in [1.54, 1.807) is 19.1 Å². The Balaban J connectivity index is 1.51. The molecular formula is C23H19Cl2N3O3S2. The number of nitrogens with zero attached hydrogens (tertiary/aromatic N) is 2. The van der Waals surface area contributed by atoms with Gasteiger partial charge in [0.05, 0.1) is 14.6 Å².